The fourth-order valence-corrected chi connectivity index (χ4v) is 3.05. The van der Waals surface area contributed by atoms with Gasteiger partial charge in [0.25, 0.3) is 0 Å². The van der Waals surface area contributed by atoms with Crippen LogP contribution in [0.4, 0.5) is 0 Å². The van der Waals surface area contributed by atoms with Crippen molar-refractivity contribution in [1.82, 2.24) is 10.2 Å². The number of rotatable bonds is 3. The summed E-state index contributed by atoms with van der Waals surface area (Å²) in [5, 5.41) is 9.26. The van der Waals surface area contributed by atoms with Crippen LogP contribution in [0.2, 0.25) is 5.02 Å². The molecule has 2 aliphatic rings. The third-order valence-electron chi connectivity index (χ3n) is 4.26. The monoisotopic (exact) mass is 290 g/mol. The molecule has 4 nitrogen and oxygen atoms in total. The molecule has 0 N–H and O–H groups in total. The summed E-state index contributed by atoms with van der Waals surface area (Å²) >= 11 is 6.09. The first-order chi connectivity index (χ1) is 9.78. The minimum Gasteiger partial charge on any atom is -0.424 e. The summed E-state index contributed by atoms with van der Waals surface area (Å²) in [6, 6.07) is 7.94. The first-order valence-electron chi connectivity index (χ1n) is 6.96. The zero-order valence-corrected chi connectivity index (χ0v) is 11.8. The van der Waals surface area contributed by atoms with Crippen LogP contribution in [0.3, 0.4) is 0 Å². The number of hydrogen-bond donors (Lipinski definition) is 0. The van der Waals surface area contributed by atoms with Crippen molar-refractivity contribution in [2.24, 2.45) is 0 Å². The van der Waals surface area contributed by atoms with Crippen molar-refractivity contribution in [2.75, 3.05) is 13.2 Å². The van der Waals surface area contributed by atoms with Gasteiger partial charge in [0.1, 0.15) is 0 Å². The fourth-order valence-electron chi connectivity index (χ4n) is 2.86. The topological polar surface area (TPSA) is 48.2 Å². The maximum atomic E-state index is 6.09. The quantitative estimate of drug-likeness (QED) is 0.870. The zero-order chi connectivity index (χ0) is 13.6. The second-order valence-electron chi connectivity index (χ2n) is 5.60. The Bertz CT molecular complexity index is 630. The Hall–Kier alpha value is -1.39. The van der Waals surface area contributed by atoms with Gasteiger partial charge in [0.2, 0.25) is 11.8 Å². The zero-order valence-electron chi connectivity index (χ0n) is 11.0. The summed E-state index contributed by atoms with van der Waals surface area (Å²) in [6.45, 7) is 1.47. The van der Waals surface area contributed by atoms with Crippen molar-refractivity contribution in [3.8, 4) is 0 Å². The number of nitrogens with zero attached hydrogens (tertiary/aromatic N) is 2. The maximum Gasteiger partial charge on any atom is 0.227 e. The molecule has 1 aliphatic heterocycles. The highest BCUT2D eigenvalue weighted by Gasteiger charge is 2.51. The van der Waals surface area contributed by atoms with E-state index < -0.39 is 0 Å². The summed E-state index contributed by atoms with van der Waals surface area (Å²) in [5.74, 6) is 1.69. The highest BCUT2D eigenvalue weighted by Crippen LogP contribution is 2.53. The van der Waals surface area contributed by atoms with Crippen LogP contribution < -0.4 is 0 Å². The van der Waals surface area contributed by atoms with Gasteiger partial charge in [-0.05, 0) is 37.0 Å². The second-order valence-corrected chi connectivity index (χ2v) is 6.03. The summed E-state index contributed by atoms with van der Waals surface area (Å²) in [4.78, 5) is 0. The number of ether oxygens (including phenoxy) is 1. The Labute approximate surface area is 122 Å². The van der Waals surface area contributed by atoms with Crippen molar-refractivity contribution in [3.05, 3.63) is 46.6 Å². The predicted molar refractivity (Wildman–Crippen MR) is 73.9 cm³/mol. The Balaban J connectivity index is 1.66. The fraction of sp³-hybridized carbons (Fsp3) is 0.467. The molecule has 0 unspecified atom stereocenters. The lowest BCUT2D eigenvalue weighted by Gasteiger charge is -2.11. The Kier molecular flexibility index (Phi) is 2.82. The van der Waals surface area contributed by atoms with Crippen LogP contribution in [0.1, 0.15) is 42.5 Å². The lowest BCUT2D eigenvalue weighted by molar-refractivity contribution is 0.190. The molecule has 0 spiro atoms. The largest absolute Gasteiger partial charge is 0.424 e. The van der Waals surface area contributed by atoms with E-state index in [1.807, 2.05) is 18.2 Å². The van der Waals surface area contributed by atoms with Crippen LogP contribution in [0.25, 0.3) is 0 Å². The van der Waals surface area contributed by atoms with Gasteiger partial charge in [-0.25, -0.2) is 0 Å². The molecule has 5 heteroatoms. The molecular weight excluding hydrogens is 276 g/mol. The third kappa shape index (κ3) is 1.95. The van der Waals surface area contributed by atoms with Crippen LogP contribution in [0, 0.1) is 0 Å². The van der Waals surface area contributed by atoms with Gasteiger partial charge in [-0.1, -0.05) is 23.7 Å². The maximum absolute atomic E-state index is 6.09. The molecule has 104 valence electrons. The Morgan fingerprint density at radius 3 is 2.85 bits per heavy atom. The van der Waals surface area contributed by atoms with Crippen LogP contribution in [0.5, 0.6) is 0 Å². The summed E-state index contributed by atoms with van der Waals surface area (Å²) in [7, 11) is 0. The number of hydrogen-bond acceptors (Lipinski definition) is 4. The van der Waals surface area contributed by atoms with Crippen LogP contribution >= 0.6 is 11.6 Å². The van der Waals surface area contributed by atoms with Crippen molar-refractivity contribution in [2.45, 2.75) is 30.6 Å². The molecule has 0 bridgehead atoms. The van der Waals surface area contributed by atoms with Gasteiger partial charge >= 0.3 is 0 Å². The lowest BCUT2D eigenvalue weighted by Crippen LogP contribution is -2.09. The van der Waals surface area contributed by atoms with E-state index in [1.165, 1.54) is 5.56 Å². The molecule has 20 heavy (non-hydrogen) atoms. The van der Waals surface area contributed by atoms with Gasteiger partial charge in [-0.2, -0.15) is 0 Å². The van der Waals surface area contributed by atoms with Crippen molar-refractivity contribution < 1.29 is 9.15 Å². The molecular formula is C15H15ClN2O2. The summed E-state index contributed by atoms with van der Waals surface area (Å²) in [5.41, 5.74) is 1.05. The highest BCUT2D eigenvalue weighted by molar-refractivity contribution is 6.30. The van der Waals surface area contributed by atoms with E-state index in [2.05, 4.69) is 16.3 Å². The molecule has 1 saturated heterocycles. The van der Waals surface area contributed by atoms with Gasteiger partial charge in [0.05, 0.1) is 17.9 Å². The predicted octanol–water partition coefficient (Wildman–Crippen LogP) is 3.31. The number of halogens is 1. The van der Waals surface area contributed by atoms with Crippen molar-refractivity contribution in [1.29, 1.82) is 0 Å². The molecule has 2 aromatic rings. The van der Waals surface area contributed by atoms with Crippen molar-refractivity contribution in [3.63, 3.8) is 0 Å². The third-order valence-corrected chi connectivity index (χ3v) is 4.49. The van der Waals surface area contributed by atoms with E-state index in [9.17, 15) is 0 Å². The molecule has 1 aliphatic carbocycles. The highest BCUT2D eigenvalue weighted by atomic mass is 35.5. The van der Waals surface area contributed by atoms with Crippen LogP contribution in [-0.4, -0.2) is 23.4 Å². The van der Waals surface area contributed by atoms with E-state index in [0.717, 1.165) is 36.8 Å². The summed E-state index contributed by atoms with van der Waals surface area (Å²) < 4.78 is 11.3. The summed E-state index contributed by atoms with van der Waals surface area (Å²) in [6.07, 6.45) is 3.04. The minimum atomic E-state index is -0.115. The van der Waals surface area contributed by atoms with E-state index in [1.54, 1.807) is 0 Å². The Morgan fingerprint density at radius 1 is 1.25 bits per heavy atom. The van der Waals surface area contributed by atoms with E-state index in [-0.39, 0.29) is 11.3 Å². The standard InChI is InChI=1S/C15H15ClN2O2/c16-12-3-1-2-11(8-12)15(5-6-15)14-18-17-13(20-14)10-4-7-19-9-10/h1-3,8,10H,4-7,9H2/t10-/m0/s1. The number of benzene rings is 1. The van der Waals surface area contributed by atoms with E-state index in [4.69, 9.17) is 20.8 Å². The molecule has 1 aromatic carbocycles. The molecule has 1 atom stereocenters. The van der Waals surface area contributed by atoms with Gasteiger partial charge < -0.3 is 9.15 Å². The van der Waals surface area contributed by atoms with Gasteiger partial charge in [0.15, 0.2) is 0 Å². The minimum absolute atomic E-state index is 0.115. The molecule has 0 radical (unpaired) electrons. The molecule has 2 heterocycles. The average molecular weight is 291 g/mol. The first-order valence-corrected chi connectivity index (χ1v) is 7.33. The van der Waals surface area contributed by atoms with E-state index in [0.29, 0.717) is 12.5 Å². The Morgan fingerprint density at radius 2 is 2.15 bits per heavy atom. The lowest BCUT2D eigenvalue weighted by atomic mass is 9.96. The normalized spacial score (nSPS) is 23.9. The van der Waals surface area contributed by atoms with Crippen LogP contribution in [0.15, 0.2) is 28.7 Å². The SMILES string of the molecule is Clc1cccc(C2(c3nnc([C@H]4CCOC4)o3)CC2)c1. The molecule has 1 saturated carbocycles. The average Bonchev–Trinajstić information content (AvgIpc) is 2.91. The van der Waals surface area contributed by atoms with E-state index >= 15 is 0 Å². The molecule has 2 fully saturated rings. The first kappa shape index (κ1) is 12.4. The van der Waals surface area contributed by atoms with Crippen molar-refractivity contribution >= 4 is 11.6 Å². The van der Waals surface area contributed by atoms with Gasteiger partial charge in [-0.3, -0.25) is 0 Å². The molecule has 0 amide bonds. The number of aromatic nitrogens is 2. The van der Waals surface area contributed by atoms with Gasteiger partial charge in [0, 0.05) is 11.6 Å². The second kappa shape index (κ2) is 4.57. The molecule has 4 rings (SSSR count). The van der Waals surface area contributed by atoms with Gasteiger partial charge in [-0.15, -0.1) is 10.2 Å². The smallest absolute Gasteiger partial charge is 0.227 e. The molecule has 1 aromatic heterocycles. The van der Waals surface area contributed by atoms with Crippen LogP contribution in [-0.2, 0) is 10.2 Å².